The lowest BCUT2D eigenvalue weighted by Gasteiger charge is -2.31. The van der Waals surface area contributed by atoms with Crippen LogP contribution in [0.3, 0.4) is 0 Å². The van der Waals surface area contributed by atoms with Gasteiger partial charge in [0.15, 0.2) is 5.78 Å². The number of hydrogen-bond acceptors (Lipinski definition) is 5. The Bertz CT molecular complexity index is 831. The van der Waals surface area contributed by atoms with Crippen molar-refractivity contribution in [2.75, 3.05) is 25.0 Å². The van der Waals surface area contributed by atoms with Gasteiger partial charge in [-0.05, 0) is 45.4 Å². The van der Waals surface area contributed by atoms with Gasteiger partial charge in [0.2, 0.25) is 5.91 Å². The predicted octanol–water partition coefficient (Wildman–Crippen LogP) is 2.74. The fourth-order valence-electron chi connectivity index (χ4n) is 3.53. The van der Waals surface area contributed by atoms with Gasteiger partial charge in [-0.3, -0.25) is 19.2 Å². The molecule has 28 heavy (non-hydrogen) atoms. The van der Waals surface area contributed by atoms with Gasteiger partial charge >= 0.3 is 0 Å². The van der Waals surface area contributed by atoms with E-state index < -0.39 is 0 Å². The van der Waals surface area contributed by atoms with Gasteiger partial charge in [0, 0.05) is 31.3 Å². The summed E-state index contributed by atoms with van der Waals surface area (Å²) in [7, 11) is 1.80. The second-order valence-corrected chi connectivity index (χ2v) is 7.58. The molecule has 7 heteroatoms. The predicted molar refractivity (Wildman–Crippen MR) is 108 cm³/mol. The lowest BCUT2D eigenvalue weighted by Crippen LogP contribution is -2.42. The molecule has 2 heterocycles. The monoisotopic (exact) mass is 384 g/mol. The van der Waals surface area contributed by atoms with Gasteiger partial charge in [0.25, 0.3) is 0 Å². The van der Waals surface area contributed by atoms with E-state index >= 15 is 0 Å². The first-order valence-electron chi connectivity index (χ1n) is 9.72. The number of likely N-dealkylation sites (tertiary alicyclic amines) is 1. The van der Waals surface area contributed by atoms with Crippen LogP contribution >= 0.6 is 0 Å². The summed E-state index contributed by atoms with van der Waals surface area (Å²) >= 11 is 0. The first-order valence-corrected chi connectivity index (χ1v) is 9.72. The summed E-state index contributed by atoms with van der Waals surface area (Å²) in [6.07, 6.45) is 5.18. The molecule has 1 fully saturated rings. The maximum atomic E-state index is 13.0. The van der Waals surface area contributed by atoms with Crippen LogP contribution in [0.4, 0.5) is 5.69 Å². The third-order valence-electron chi connectivity index (χ3n) is 4.72. The zero-order chi connectivity index (χ0) is 20.1. The topological polar surface area (TPSA) is 76.5 Å². The minimum Gasteiger partial charge on any atom is -0.491 e. The number of hydrogen-bond donors (Lipinski definition) is 1. The highest BCUT2D eigenvalue weighted by atomic mass is 16.5. The Morgan fingerprint density at radius 2 is 2.18 bits per heavy atom. The number of Topliss-reactive ketones (excluding diaryl/α,β-unsaturated/α-hetero) is 1. The Morgan fingerprint density at radius 3 is 2.89 bits per heavy atom. The van der Waals surface area contributed by atoms with Crippen LogP contribution in [0, 0.1) is 5.92 Å². The van der Waals surface area contributed by atoms with E-state index in [1.807, 2.05) is 43.0 Å². The number of nitrogens with zero attached hydrogens (tertiary/aromatic N) is 3. The molecule has 7 nitrogen and oxygen atoms in total. The zero-order valence-electron chi connectivity index (χ0n) is 16.7. The molecular weight excluding hydrogens is 356 g/mol. The fourth-order valence-corrected chi connectivity index (χ4v) is 3.53. The number of ether oxygens (including phenoxy) is 1. The summed E-state index contributed by atoms with van der Waals surface area (Å²) < 4.78 is 7.34. The highest BCUT2D eigenvalue weighted by molar-refractivity contribution is 5.98. The highest BCUT2D eigenvalue weighted by Crippen LogP contribution is 2.23. The van der Waals surface area contributed by atoms with E-state index in [1.165, 1.54) is 0 Å². The summed E-state index contributed by atoms with van der Waals surface area (Å²) in [6, 6.07) is 7.37. The van der Waals surface area contributed by atoms with Gasteiger partial charge in [-0.1, -0.05) is 12.1 Å². The van der Waals surface area contributed by atoms with E-state index in [0.717, 1.165) is 19.4 Å². The standard InChI is InChI=1S/C21H28N4O3/c1-15(2)28-19-8-4-6-16(10-19)21(27)17-7-5-9-25(12-17)14-20(26)23-18-11-22-24(3)13-18/h4,6,8,10-11,13,15,17H,5,7,9,12,14H2,1-3H3,(H,23,26). The number of amides is 1. The average molecular weight is 384 g/mol. The van der Waals surface area contributed by atoms with Crippen molar-refractivity contribution in [3.05, 3.63) is 42.2 Å². The first-order chi connectivity index (χ1) is 13.4. The number of rotatable bonds is 7. The van der Waals surface area contributed by atoms with E-state index in [-0.39, 0.29) is 30.3 Å². The Hall–Kier alpha value is -2.67. The smallest absolute Gasteiger partial charge is 0.238 e. The summed E-state index contributed by atoms with van der Waals surface area (Å²) in [5, 5.41) is 6.89. The van der Waals surface area contributed by atoms with Crippen molar-refractivity contribution in [3.8, 4) is 5.75 Å². The van der Waals surface area contributed by atoms with Crippen LogP contribution in [-0.4, -0.2) is 52.1 Å². The molecule has 1 aromatic heterocycles. The van der Waals surface area contributed by atoms with Crippen LogP contribution in [0.5, 0.6) is 5.75 Å². The first kappa shape index (κ1) is 20.1. The summed E-state index contributed by atoms with van der Waals surface area (Å²) in [6.45, 7) is 5.61. The SMILES string of the molecule is CC(C)Oc1cccc(C(=O)C2CCCN(CC(=O)Nc3cnn(C)c3)C2)c1. The third kappa shape index (κ3) is 5.42. The largest absolute Gasteiger partial charge is 0.491 e. The number of ketones is 1. The van der Waals surface area contributed by atoms with Crippen molar-refractivity contribution in [2.24, 2.45) is 13.0 Å². The van der Waals surface area contributed by atoms with E-state index in [9.17, 15) is 9.59 Å². The van der Waals surface area contributed by atoms with Crippen molar-refractivity contribution in [3.63, 3.8) is 0 Å². The van der Waals surface area contributed by atoms with Crippen molar-refractivity contribution < 1.29 is 14.3 Å². The number of piperidine rings is 1. The average Bonchev–Trinajstić information content (AvgIpc) is 3.05. The number of carbonyl (C=O) groups excluding carboxylic acids is 2. The van der Waals surface area contributed by atoms with Crippen LogP contribution in [0.25, 0.3) is 0 Å². The molecule has 1 aromatic carbocycles. The van der Waals surface area contributed by atoms with E-state index in [0.29, 0.717) is 23.5 Å². The molecular formula is C21H28N4O3. The summed E-state index contributed by atoms with van der Waals surface area (Å²) in [4.78, 5) is 27.3. The lowest BCUT2D eigenvalue weighted by molar-refractivity contribution is -0.117. The molecule has 150 valence electrons. The maximum Gasteiger partial charge on any atom is 0.238 e. The van der Waals surface area contributed by atoms with E-state index in [1.54, 1.807) is 24.1 Å². The molecule has 2 aromatic rings. The number of aromatic nitrogens is 2. The molecule has 0 saturated carbocycles. The second-order valence-electron chi connectivity index (χ2n) is 7.58. The molecule has 0 radical (unpaired) electrons. The van der Waals surface area contributed by atoms with Crippen molar-refractivity contribution in [1.82, 2.24) is 14.7 Å². The number of anilines is 1. The van der Waals surface area contributed by atoms with Crippen LogP contribution in [0.15, 0.2) is 36.7 Å². The molecule has 1 N–H and O–H groups in total. The molecule has 1 unspecified atom stereocenters. The normalized spacial score (nSPS) is 17.5. The molecule has 0 aliphatic carbocycles. The van der Waals surface area contributed by atoms with Crippen molar-refractivity contribution in [1.29, 1.82) is 0 Å². The maximum absolute atomic E-state index is 13.0. The molecule has 1 atom stereocenters. The molecule has 1 saturated heterocycles. The quantitative estimate of drug-likeness (QED) is 0.743. The van der Waals surface area contributed by atoms with Crippen molar-refractivity contribution >= 4 is 17.4 Å². The minimum absolute atomic E-state index is 0.0638. The van der Waals surface area contributed by atoms with E-state index in [2.05, 4.69) is 10.4 Å². The minimum atomic E-state index is -0.103. The third-order valence-corrected chi connectivity index (χ3v) is 4.72. The molecule has 3 rings (SSSR count). The zero-order valence-corrected chi connectivity index (χ0v) is 16.7. The number of carbonyl (C=O) groups is 2. The number of aryl methyl sites for hydroxylation is 1. The second kappa shape index (κ2) is 9.01. The highest BCUT2D eigenvalue weighted by Gasteiger charge is 2.27. The Morgan fingerprint density at radius 1 is 1.36 bits per heavy atom. The van der Waals surface area contributed by atoms with Gasteiger partial charge in [-0.25, -0.2) is 0 Å². The number of benzene rings is 1. The Kier molecular flexibility index (Phi) is 6.46. The van der Waals surface area contributed by atoms with Crippen LogP contribution in [0.2, 0.25) is 0 Å². The van der Waals surface area contributed by atoms with Crippen LogP contribution in [-0.2, 0) is 11.8 Å². The van der Waals surface area contributed by atoms with Crippen LogP contribution in [0.1, 0.15) is 37.0 Å². The van der Waals surface area contributed by atoms with Gasteiger partial charge in [0.05, 0.1) is 24.5 Å². The van der Waals surface area contributed by atoms with Gasteiger partial charge in [-0.2, -0.15) is 5.10 Å². The molecule has 0 spiro atoms. The van der Waals surface area contributed by atoms with Crippen molar-refractivity contribution in [2.45, 2.75) is 32.8 Å². The molecule has 1 amide bonds. The van der Waals surface area contributed by atoms with Gasteiger partial charge < -0.3 is 10.1 Å². The summed E-state index contributed by atoms with van der Waals surface area (Å²) in [5.74, 6) is 0.638. The Balaban J connectivity index is 1.58. The van der Waals surface area contributed by atoms with Crippen LogP contribution < -0.4 is 10.1 Å². The summed E-state index contributed by atoms with van der Waals surface area (Å²) in [5.41, 5.74) is 1.35. The molecule has 0 bridgehead atoms. The van der Waals surface area contributed by atoms with Gasteiger partial charge in [0.1, 0.15) is 5.75 Å². The Labute approximate surface area is 165 Å². The van der Waals surface area contributed by atoms with E-state index in [4.69, 9.17) is 4.74 Å². The number of nitrogens with one attached hydrogen (secondary N) is 1. The van der Waals surface area contributed by atoms with Gasteiger partial charge in [-0.15, -0.1) is 0 Å². The molecule has 1 aliphatic heterocycles. The lowest BCUT2D eigenvalue weighted by atomic mass is 9.90. The fraction of sp³-hybridized carbons (Fsp3) is 0.476. The molecule has 1 aliphatic rings.